The summed E-state index contributed by atoms with van der Waals surface area (Å²) in [5, 5.41) is 9.81. The molecule has 2 aliphatic rings. The molecule has 140 valence electrons. The maximum Gasteiger partial charge on any atom is 0.187 e. The van der Waals surface area contributed by atoms with E-state index >= 15 is 0 Å². The van der Waals surface area contributed by atoms with Crippen molar-refractivity contribution in [2.24, 2.45) is 10.7 Å². The molecule has 3 N–H and O–H groups in total. The Morgan fingerprint density at radius 1 is 1.44 bits per heavy atom. The number of nitrogens with zero attached hydrogens (tertiary/aromatic N) is 3. The van der Waals surface area contributed by atoms with E-state index in [0.29, 0.717) is 16.4 Å². The minimum absolute atomic E-state index is 0.0980. The molecule has 0 saturated heterocycles. The summed E-state index contributed by atoms with van der Waals surface area (Å²) in [5.74, 6) is 0.397. The van der Waals surface area contributed by atoms with Gasteiger partial charge in [0.25, 0.3) is 0 Å². The zero-order valence-electron chi connectivity index (χ0n) is 14.9. The van der Waals surface area contributed by atoms with Gasteiger partial charge >= 0.3 is 0 Å². The number of ketones is 1. The average molecular weight is 385 g/mol. The molecule has 0 unspecified atom stereocenters. The molecule has 0 amide bonds. The topological polar surface area (TPSA) is 85.3 Å². The summed E-state index contributed by atoms with van der Waals surface area (Å²) in [5.41, 5.74) is 6.47. The van der Waals surface area contributed by atoms with Crippen molar-refractivity contribution in [2.45, 2.75) is 31.8 Å². The minimum Gasteiger partial charge on any atom is -0.378 e. The summed E-state index contributed by atoms with van der Waals surface area (Å²) in [6.07, 6.45) is 2.95. The third kappa shape index (κ3) is 3.49. The first-order valence-electron chi connectivity index (χ1n) is 8.78. The first-order valence-corrected chi connectivity index (χ1v) is 9.66. The Morgan fingerprint density at radius 2 is 2.30 bits per heavy atom. The SMILES string of the molecule is C[C@@]1(c2cc(CC(=O)c3cc4n(n3)CCCN4)ccc2F)C=CSC(N)=N1. The lowest BCUT2D eigenvalue weighted by Gasteiger charge is -2.26. The standard InChI is InChI=1S/C19H20FN5OS/c1-19(5-8-27-18(21)23-19)13-9-12(3-4-14(13)20)10-16(26)15-11-17-22-6-2-7-25(17)24-15/h3-5,8-9,11,22H,2,6-7,10H2,1H3,(H2,21,23)/t19-/m0/s1. The predicted octanol–water partition coefficient (Wildman–Crippen LogP) is 3.05. The fourth-order valence-corrected chi connectivity index (χ4v) is 4.05. The van der Waals surface area contributed by atoms with Crippen LogP contribution in [-0.4, -0.2) is 27.3 Å². The number of rotatable bonds is 4. The van der Waals surface area contributed by atoms with E-state index in [0.717, 1.165) is 30.9 Å². The van der Waals surface area contributed by atoms with Crippen molar-refractivity contribution in [3.05, 3.63) is 58.4 Å². The maximum atomic E-state index is 14.5. The van der Waals surface area contributed by atoms with E-state index in [4.69, 9.17) is 5.73 Å². The van der Waals surface area contributed by atoms with Crippen LogP contribution in [0.2, 0.25) is 0 Å². The lowest BCUT2D eigenvalue weighted by molar-refractivity contribution is 0.0987. The van der Waals surface area contributed by atoms with E-state index in [9.17, 15) is 9.18 Å². The van der Waals surface area contributed by atoms with E-state index in [-0.39, 0.29) is 18.0 Å². The van der Waals surface area contributed by atoms with Crippen LogP contribution in [0.1, 0.15) is 35.0 Å². The molecule has 27 heavy (non-hydrogen) atoms. The number of fused-ring (bicyclic) bond motifs is 1. The van der Waals surface area contributed by atoms with E-state index in [1.165, 1.54) is 17.8 Å². The third-order valence-electron chi connectivity index (χ3n) is 4.78. The minimum atomic E-state index is -0.879. The van der Waals surface area contributed by atoms with Gasteiger partial charge in [-0.25, -0.2) is 14.1 Å². The van der Waals surface area contributed by atoms with Crippen molar-refractivity contribution in [1.82, 2.24) is 9.78 Å². The summed E-state index contributed by atoms with van der Waals surface area (Å²) in [7, 11) is 0. The van der Waals surface area contributed by atoms with Crippen LogP contribution in [0.5, 0.6) is 0 Å². The molecule has 1 atom stereocenters. The molecule has 1 aromatic heterocycles. The highest BCUT2D eigenvalue weighted by Gasteiger charge is 2.29. The van der Waals surface area contributed by atoms with Crippen molar-refractivity contribution in [2.75, 3.05) is 11.9 Å². The summed E-state index contributed by atoms with van der Waals surface area (Å²) < 4.78 is 16.3. The van der Waals surface area contributed by atoms with Crippen LogP contribution >= 0.6 is 11.8 Å². The highest BCUT2D eigenvalue weighted by Crippen LogP contribution is 2.34. The van der Waals surface area contributed by atoms with Crippen LogP contribution in [0.15, 0.2) is 40.7 Å². The Hall–Kier alpha value is -2.61. The molecule has 0 saturated carbocycles. The molecule has 0 radical (unpaired) electrons. The van der Waals surface area contributed by atoms with Gasteiger partial charge in [0.1, 0.15) is 22.9 Å². The number of carbonyl (C=O) groups is 1. The number of amidine groups is 1. The Morgan fingerprint density at radius 3 is 3.07 bits per heavy atom. The van der Waals surface area contributed by atoms with Crippen LogP contribution in [0.3, 0.4) is 0 Å². The van der Waals surface area contributed by atoms with Gasteiger partial charge in [0.05, 0.1) is 0 Å². The van der Waals surface area contributed by atoms with Gasteiger partial charge in [-0.2, -0.15) is 5.10 Å². The second kappa shape index (κ2) is 6.84. The summed E-state index contributed by atoms with van der Waals surface area (Å²) in [6.45, 7) is 3.49. The number of nitrogens with two attached hydrogens (primary N) is 1. The molecule has 0 spiro atoms. The lowest BCUT2D eigenvalue weighted by Crippen LogP contribution is -2.25. The zero-order valence-corrected chi connectivity index (χ0v) is 15.7. The molecule has 0 fully saturated rings. The number of hydrogen-bond acceptors (Lipinski definition) is 6. The number of anilines is 1. The first kappa shape index (κ1) is 17.8. The quantitative estimate of drug-likeness (QED) is 0.790. The molecule has 3 heterocycles. The van der Waals surface area contributed by atoms with E-state index in [1.54, 1.807) is 25.1 Å². The molecule has 4 rings (SSSR count). The molecule has 8 heteroatoms. The fourth-order valence-electron chi connectivity index (χ4n) is 3.34. The number of thioether (sulfide) groups is 1. The van der Waals surface area contributed by atoms with Crippen molar-refractivity contribution < 1.29 is 9.18 Å². The van der Waals surface area contributed by atoms with E-state index in [1.807, 2.05) is 16.2 Å². The molecule has 0 aliphatic carbocycles. The second-order valence-corrected chi connectivity index (χ2v) is 7.78. The molecule has 1 aromatic carbocycles. The Bertz CT molecular complexity index is 944. The molecule has 2 aromatic rings. The lowest BCUT2D eigenvalue weighted by atomic mass is 9.90. The van der Waals surface area contributed by atoms with E-state index < -0.39 is 5.54 Å². The average Bonchev–Trinajstić information content (AvgIpc) is 3.07. The number of aryl methyl sites for hydroxylation is 1. The van der Waals surface area contributed by atoms with Crippen LogP contribution in [0.4, 0.5) is 10.2 Å². The second-order valence-electron chi connectivity index (χ2n) is 6.85. The zero-order chi connectivity index (χ0) is 19.0. The number of benzene rings is 1. The van der Waals surface area contributed by atoms with Gasteiger partial charge in [-0.3, -0.25) is 4.79 Å². The number of Topliss-reactive ketones (excluding diaryl/α,β-unsaturated/α-hetero) is 1. The van der Waals surface area contributed by atoms with Crippen LogP contribution in [0, 0.1) is 5.82 Å². The van der Waals surface area contributed by atoms with Crippen molar-refractivity contribution in [3.8, 4) is 0 Å². The largest absolute Gasteiger partial charge is 0.378 e. The first-order chi connectivity index (χ1) is 12.9. The third-order valence-corrected chi connectivity index (χ3v) is 5.39. The number of hydrogen-bond donors (Lipinski definition) is 2. The number of aromatic nitrogens is 2. The van der Waals surface area contributed by atoms with Crippen LogP contribution in [-0.2, 0) is 18.5 Å². The number of carbonyl (C=O) groups excluding carboxylic acids is 1. The van der Waals surface area contributed by atoms with Gasteiger partial charge in [-0.05, 0) is 42.5 Å². The highest BCUT2D eigenvalue weighted by atomic mass is 32.2. The van der Waals surface area contributed by atoms with Crippen molar-refractivity contribution >= 4 is 28.5 Å². The Balaban J connectivity index is 1.60. The van der Waals surface area contributed by atoms with Gasteiger partial charge < -0.3 is 11.1 Å². The van der Waals surface area contributed by atoms with E-state index in [2.05, 4.69) is 15.4 Å². The van der Waals surface area contributed by atoms with Crippen LogP contribution < -0.4 is 11.1 Å². The Labute approximate surface area is 160 Å². The van der Waals surface area contributed by atoms with Crippen molar-refractivity contribution in [1.29, 1.82) is 0 Å². The number of aliphatic imine (C=N–C) groups is 1. The monoisotopic (exact) mass is 385 g/mol. The molecule has 2 aliphatic heterocycles. The molecular weight excluding hydrogens is 365 g/mol. The molecule has 0 bridgehead atoms. The van der Waals surface area contributed by atoms with Gasteiger partial charge in [0.2, 0.25) is 0 Å². The normalized spacial score (nSPS) is 21.3. The number of halogens is 1. The smallest absolute Gasteiger partial charge is 0.187 e. The fraction of sp³-hybridized carbons (Fsp3) is 0.316. The summed E-state index contributed by atoms with van der Waals surface area (Å²) in [6, 6.07) is 6.48. The molecule has 6 nitrogen and oxygen atoms in total. The Kier molecular flexibility index (Phi) is 4.51. The van der Waals surface area contributed by atoms with Crippen LogP contribution in [0.25, 0.3) is 0 Å². The van der Waals surface area contributed by atoms with Crippen molar-refractivity contribution in [3.63, 3.8) is 0 Å². The summed E-state index contributed by atoms with van der Waals surface area (Å²) in [4.78, 5) is 17.1. The van der Waals surface area contributed by atoms with Gasteiger partial charge in [0.15, 0.2) is 11.0 Å². The summed E-state index contributed by atoms with van der Waals surface area (Å²) >= 11 is 1.30. The van der Waals surface area contributed by atoms with Gasteiger partial charge in [-0.15, -0.1) is 0 Å². The highest BCUT2D eigenvalue weighted by molar-refractivity contribution is 8.16. The number of nitrogens with one attached hydrogen (secondary N) is 1. The maximum absolute atomic E-state index is 14.5. The van der Waals surface area contributed by atoms with Gasteiger partial charge in [0, 0.05) is 31.1 Å². The molecular formula is C19H20FN5OS. The van der Waals surface area contributed by atoms with Gasteiger partial charge in [-0.1, -0.05) is 17.8 Å². The predicted molar refractivity (Wildman–Crippen MR) is 105 cm³/mol.